The Kier molecular flexibility index (Phi) is 3.67. The zero-order valence-corrected chi connectivity index (χ0v) is 11.4. The van der Waals surface area contributed by atoms with Crippen molar-refractivity contribution in [3.63, 3.8) is 0 Å². The highest BCUT2D eigenvalue weighted by Crippen LogP contribution is 2.30. The van der Waals surface area contributed by atoms with Crippen molar-refractivity contribution in [3.8, 4) is 0 Å². The summed E-state index contributed by atoms with van der Waals surface area (Å²) < 4.78 is 0. The highest BCUT2D eigenvalue weighted by Gasteiger charge is 2.28. The molecule has 0 unspecified atom stereocenters. The average molecular weight is 273 g/mol. The maximum absolute atomic E-state index is 12.0. The number of hydrogen-bond donors (Lipinski definition) is 2. The van der Waals surface area contributed by atoms with Crippen LogP contribution in [0.4, 0.5) is 11.5 Å². The van der Waals surface area contributed by atoms with Crippen LogP contribution in [0.5, 0.6) is 0 Å². The molecule has 2 amide bonds. The van der Waals surface area contributed by atoms with Gasteiger partial charge in [0.2, 0.25) is 11.8 Å². The molecular weight excluding hydrogens is 254 g/mol. The summed E-state index contributed by atoms with van der Waals surface area (Å²) in [6, 6.07) is 3.54. The second-order valence-corrected chi connectivity index (χ2v) is 5.63. The lowest BCUT2D eigenvalue weighted by Gasteiger charge is -2.26. The number of hydrogen-bond acceptors (Lipinski definition) is 3. The zero-order chi connectivity index (χ0) is 13.9. The van der Waals surface area contributed by atoms with Gasteiger partial charge < -0.3 is 10.6 Å². The number of nitrogens with one attached hydrogen (secondary N) is 2. The summed E-state index contributed by atoms with van der Waals surface area (Å²) >= 11 is 0. The Morgan fingerprint density at radius 1 is 1.00 bits per heavy atom. The van der Waals surface area contributed by atoms with Gasteiger partial charge >= 0.3 is 0 Å². The number of anilines is 2. The fourth-order valence-corrected chi connectivity index (χ4v) is 2.40. The second kappa shape index (κ2) is 5.61. The smallest absolute Gasteiger partial charge is 0.228 e. The van der Waals surface area contributed by atoms with E-state index in [1.54, 1.807) is 18.3 Å². The van der Waals surface area contributed by atoms with Crippen LogP contribution in [0.2, 0.25) is 0 Å². The number of aromatic nitrogens is 1. The normalized spacial score (nSPS) is 18.8. The molecule has 0 saturated heterocycles. The molecule has 0 bridgehead atoms. The van der Waals surface area contributed by atoms with Crippen molar-refractivity contribution in [2.24, 2.45) is 11.8 Å². The van der Waals surface area contributed by atoms with Crippen LogP contribution in [-0.2, 0) is 9.59 Å². The van der Waals surface area contributed by atoms with Gasteiger partial charge in [-0.2, -0.15) is 0 Å². The van der Waals surface area contributed by atoms with Gasteiger partial charge in [-0.1, -0.05) is 12.8 Å². The first kappa shape index (κ1) is 13.1. The largest absolute Gasteiger partial charge is 0.323 e. The summed E-state index contributed by atoms with van der Waals surface area (Å²) in [7, 11) is 0. The van der Waals surface area contributed by atoms with Crippen LogP contribution in [0.15, 0.2) is 18.3 Å². The monoisotopic (exact) mass is 273 g/mol. The fraction of sp³-hybridized carbons (Fsp3) is 0.533. The van der Waals surface area contributed by atoms with Crippen molar-refractivity contribution in [1.29, 1.82) is 0 Å². The number of nitrogens with zero attached hydrogens (tertiary/aromatic N) is 1. The summed E-state index contributed by atoms with van der Waals surface area (Å²) in [5.74, 6) is 0.715. The molecule has 106 valence electrons. The zero-order valence-electron chi connectivity index (χ0n) is 11.4. The van der Waals surface area contributed by atoms with E-state index in [0.717, 1.165) is 38.5 Å². The Morgan fingerprint density at radius 3 is 2.15 bits per heavy atom. The lowest BCUT2D eigenvalue weighted by molar-refractivity contribution is -0.123. The van der Waals surface area contributed by atoms with Gasteiger partial charge in [0, 0.05) is 18.0 Å². The first-order valence-electron chi connectivity index (χ1n) is 7.31. The van der Waals surface area contributed by atoms with Crippen molar-refractivity contribution in [1.82, 2.24) is 4.98 Å². The van der Waals surface area contributed by atoms with Gasteiger partial charge in [-0.25, -0.2) is 4.98 Å². The molecule has 2 aliphatic rings. The van der Waals surface area contributed by atoms with Crippen LogP contribution >= 0.6 is 0 Å². The van der Waals surface area contributed by atoms with Gasteiger partial charge in [-0.15, -0.1) is 0 Å². The molecule has 0 radical (unpaired) electrons. The van der Waals surface area contributed by atoms with E-state index >= 15 is 0 Å². The minimum Gasteiger partial charge on any atom is -0.323 e. The SMILES string of the molecule is O=C(Nc1cccnc1NC(=O)C1CCC1)C1CCC1. The maximum atomic E-state index is 12.0. The fourth-order valence-electron chi connectivity index (χ4n) is 2.40. The third kappa shape index (κ3) is 2.66. The van der Waals surface area contributed by atoms with E-state index in [0.29, 0.717) is 11.5 Å². The van der Waals surface area contributed by atoms with Gasteiger partial charge in [0.05, 0.1) is 5.69 Å². The van der Waals surface area contributed by atoms with Crippen LogP contribution in [0.25, 0.3) is 0 Å². The standard InChI is InChI=1S/C15H19N3O2/c19-14(10-4-1-5-10)17-12-8-3-9-16-13(12)18-15(20)11-6-2-7-11/h3,8-11H,1-2,4-7H2,(H,17,19)(H,16,18,20). The molecule has 2 saturated carbocycles. The Hall–Kier alpha value is -1.91. The molecule has 0 aromatic carbocycles. The average Bonchev–Trinajstić information content (AvgIpc) is 2.26. The number of carbonyl (C=O) groups is 2. The summed E-state index contributed by atoms with van der Waals surface area (Å²) in [5, 5.41) is 5.70. The van der Waals surface area contributed by atoms with E-state index in [4.69, 9.17) is 0 Å². The van der Waals surface area contributed by atoms with E-state index in [-0.39, 0.29) is 23.7 Å². The summed E-state index contributed by atoms with van der Waals surface area (Å²) in [5.41, 5.74) is 0.595. The van der Waals surface area contributed by atoms with Gasteiger partial charge in [0.15, 0.2) is 5.82 Å². The van der Waals surface area contributed by atoms with Gasteiger partial charge in [0.1, 0.15) is 0 Å². The first-order valence-corrected chi connectivity index (χ1v) is 7.31. The highest BCUT2D eigenvalue weighted by molar-refractivity contribution is 6.00. The molecule has 0 aliphatic heterocycles. The van der Waals surface area contributed by atoms with Crippen LogP contribution < -0.4 is 10.6 Å². The van der Waals surface area contributed by atoms with E-state index < -0.39 is 0 Å². The third-order valence-corrected chi connectivity index (χ3v) is 4.26. The van der Waals surface area contributed by atoms with E-state index in [2.05, 4.69) is 15.6 Å². The van der Waals surface area contributed by atoms with Crippen molar-refractivity contribution in [2.75, 3.05) is 10.6 Å². The van der Waals surface area contributed by atoms with Gasteiger partial charge in [0.25, 0.3) is 0 Å². The molecule has 3 rings (SSSR count). The number of amides is 2. The third-order valence-electron chi connectivity index (χ3n) is 4.26. The summed E-state index contributed by atoms with van der Waals surface area (Å²) in [4.78, 5) is 28.1. The van der Waals surface area contributed by atoms with Crippen molar-refractivity contribution < 1.29 is 9.59 Å². The Balaban J connectivity index is 1.67. The number of rotatable bonds is 4. The molecule has 5 nitrogen and oxygen atoms in total. The molecule has 1 heterocycles. The topological polar surface area (TPSA) is 71.1 Å². The Morgan fingerprint density at radius 2 is 1.60 bits per heavy atom. The summed E-state index contributed by atoms with van der Waals surface area (Å²) in [6.45, 7) is 0. The van der Waals surface area contributed by atoms with Crippen LogP contribution in [0, 0.1) is 11.8 Å². The molecule has 2 N–H and O–H groups in total. The quantitative estimate of drug-likeness (QED) is 0.885. The molecule has 20 heavy (non-hydrogen) atoms. The molecule has 2 aliphatic carbocycles. The number of pyridine rings is 1. The maximum Gasteiger partial charge on any atom is 0.228 e. The highest BCUT2D eigenvalue weighted by atomic mass is 16.2. The van der Waals surface area contributed by atoms with Crippen LogP contribution in [0.3, 0.4) is 0 Å². The molecular formula is C15H19N3O2. The Labute approximate surface area is 118 Å². The second-order valence-electron chi connectivity index (χ2n) is 5.63. The van der Waals surface area contributed by atoms with Crippen molar-refractivity contribution in [2.45, 2.75) is 38.5 Å². The lowest BCUT2D eigenvalue weighted by Crippen LogP contribution is -2.30. The molecule has 5 heteroatoms. The molecule has 1 aromatic rings. The summed E-state index contributed by atoms with van der Waals surface area (Å²) in [6.07, 6.45) is 7.66. The van der Waals surface area contributed by atoms with E-state index in [9.17, 15) is 9.59 Å². The molecule has 1 aromatic heterocycles. The first-order chi connectivity index (χ1) is 9.74. The predicted molar refractivity (Wildman–Crippen MR) is 76.2 cm³/mol. The van der Waals surface area contributed by atoms with E-state index in [1.807, 2.05) is 0 Å². The van der Waals surface area contributed by atoms with Crippen molar-refractivity contribution in [3.05, 3.63) is 18.3 Å². The van der Waals surface area contributed by atoms with Gasteiger partial charge in [-0.05, 0) is 37.8 Å². The Bertz CT molecular complexity index is 475. The van der Waals surface area contributed by atoms with E-state index in [1.165, 1.54) is 0 Å². The van der Waals surface area contributed by atoms with Crippen LogP contribution in [0.1, 0.15) is 38.5 Å². The number of carbonyl (C=O) groups excluding carboxylic acids is 2. The molecule has 0 spiro atoms. The van der Waals surface area contributed by atoms with Gasteiger partial charge in [-0.3, -0.25) is 9.59 Å². The van der Waals surface area contributed by atoms with Crippen molar-refractivity contribution >= 4 is 23.3 Å². The van der Waals surface area contributed by atoms with Crippen LogP contribution in [-0.4, -0.2) is 16.8 Å². The lowest BCUT2D eigenvalue weighted by atomic mass is 9.84. The minimum atomic E-state index is 0.00842. The molecule has 0 atom stereocenters. The minimum absolute atomic E-state index is 0.00842. The molecule has 2 fully saturated rings. The predicted octanol–water partition coefficient (Wildman–Crippen LogP) is 2.56.